The zero-order valence-electron chi connectivity index (χ0n) is 9.64. The molecule has 0 saturated heterocycles. The van der Waals surface area contributed by atoms with Gasteiger partial charge in [-0.05, 0) is 42.0 Å². The average Bonchev–Trinajstić information content (AvgIpc) is 2.38. The molecule has 0 bridgehead atoms. The molecule has 0 aliphatic heterocycles. The Morgan fingerprint density at radius 1 is 1.06 bits per heavy atom. The lowest BCUT2D eigenvalue weighted by molar-refractivity contribution is 0.831. The predicted octanol–water partition coefficient (Wildman–Crippen LogP) is 4.89. The molecule has 2 aromatic rings. The summed E-state index contributed by atoms with van der Waals surface area (Å²) in [6, 6.07) is 16.0. The Labute approximate surface area is 125 Å². The first-order valence-electron chi connectivity index (χ1n) is 5.54. The number of halogens is 2. The lowest BCUT2D eigenvalue weighted by Crippen LogP contribution is -2.12. The first kappa shape index (κ1) is 13.9. The molecule has 2 rings (SSSR count). The van der Waals surface area contributed by atoms with E-state index in [1.807, 2.05) is 36.4 Å². The molecule has 0 radical (unpaired) electrons. The smallest absolute Gasteiger partial charge is 0.0406 e. The maximum Gasteiger partial charge on any atom is 0.0406 e. The van der Waals surface area contributed by atoms with Crippen molar-refractivity contribution in [1.29, 1.82) is 0 Å². The van der Waals surface area contributed by atoms with Gasteiger partial charge in [0, 0.05) is 26.2 Å². The fourth-order valence-corrected chi connectivity index (χ4v) is 2.81. The minimum Gasteiger partial charge on any atom is -0.323 e. The molecule has 1 atom stereocenters. The molecule has 18 heavy (non-hydrogen) atoms. The highest BCUT2D eigenvalue weighted by molar-refractivity contribution is 9.10. The monoisotopic (exact) mass is 341 g/mol. The molecule has 0 amide bonds. The van der Waals surface area contributed by atoms with E-state index >= 15 is 0 Å². The molecule has 4 heteroatoms. The molecule has 1 unspecified atom stereocenters. The van der Waals surface area contributed by atoms with Crippen molar-refractivity contribution in [2.24, 2.45) is 5.73 Å². The molecular formula is C14H13BrClNS. The third-order valence-electron chi connectivity index (χ3n) is 2.54. The lowest BCUT2D eigenvalue weighted by Gasteiger charge is -2.11. The van der Waals surface area contributed by atoms with E-state index < -0.39 is 0 Å². The van der Waals surface area contributed by atoms with E-state index in [0.717, 1.165) is 20.8 Å². The van der Waals surface area contributed by atoms with Crippen LogP contribution in [0, 0.1) is 0 Å². The molecule has 1 nitrogen and oxygen atoms in total. The van der Waals surface area contributed by atoms with Crippen molar-refractivity contribution in [3.63, 3.8) is 0 Å². The van der Waals surface area contributed by atoms with Gasteiger partial charge in [-0.25, -0.2) is 0 Å². The topological polar surface area (TPSA) is 26.0 Å². The van der Waals surface area contributed by atoms with Crippen molar-refractivity contribution in [2.45, 2.75) is 10.9 Å². The number of hydrogen-bond acceptors (Lipinski definition) is 2. The van der Waals surface area contributed by atoms with E-state index in [2.05, 4.69) is 28.1 Å². The van der Waals surface area contributed by atoms with Crippen LogP contribution in [0.2, 0.25) is 5.02 Å². The highest BCUT2D eigenvalue weighted by atomic mass is 79.9. The molecule has 2 aromatic carbocycles. The minimum absolute atomic E-state index is 0.0240. The van der Waals surface area contributed by atoms with Gasteiger partial charge in [0.2, 0.25) is 0 Å². The van der Waals surface area contributed by atoms with Crippen LogP contribution < -0.4 is 5.73 Å². The zero-order valence-corrected chi connectivity index (χ0v) is 12.8. The Balaban J connectivity index is 1.93. The number of rotatable bonds is 4. The van der Waals surface area contributed by atoms with Crippen LogP contribution in [0.3, 0.4) is 0 Å². The van der Waals surface area contributed by atoms with Gasteiger partial charge in [-0.3, -0.25) is 0 Å². The first-order valence-corrected chi connectivity index (χ1v) is 7.70. The van der Waals surface area contributed by atoms with Crippen molar-refractivity contribution < 1.29 is 0 Å². The SMILES string of the molecule is NC(CSc1ccc(Br)cc1)c1ccc(Cl)cc1. The van der Waals surface area contributed by atoms with Gasteiger partial charge in [-0.1, -0.05) is 39.7 Å². The van der Waals surface area contributed by atoms with Crippen LogP contribution in [0.1, 0.15) is 11.6 Å². The zero-order chi connectivity index (χ0) is 13.0. The molecule has 0 heterocycles. The molecule has 2 N–H and O–H groups in total. The Bertz CT molecular complexity index is 498. The van der Waals surface area contributed by atoms with Gasteiger partial charge >= 0.3 is 0 Å². The predicted molar refractivity (Wildman–Crippen MR) is 83.2 cm³/mol. The third kappa shape index (κ3) is 4.02. The summed E-state index contributed by atoms with van der Waals surface area (Å²) in [6.45, 7) is 0. The van der Waals surface area contributed by atoms with Crippen LogP contribution in [0.15, 0.2) is 57.9 Å². The first-order chi connectivity index (χ1) is 8.65. The van der Waals surface area contributed by atoms with Crippen LogP contribution in [0.25, 0.3) is 0 Å². The van der Waals surface area contributed by atoms with E-state index in [1.165, 1.54) is 4.90 Å². The second kappa shape index (κ2) is 6.62. The largest absolute Gasteiger partial charge is 0.323 e. The Morgan fingerprint density at radius 2 is 1.67 bits per heavy atom. The average molecular weight is 343 g/mol. The molecule has 0 spiro atoms. The van der Waals surface area contributed by atoms with E-state index in [4.69, 9.17) is 17.3 Å². The normalized spacial score (nSPS) is 12.4. The van der Waals surface area contributed by atoms with E-state index in [9.17, 15) is 0 Å². The van der Waals surface area contributed by atoms with Gasteiger partial charge in [0.25, 0.3) is 0 Å². The van der Waals surface area contributed by atoms with Gasteiger partial charge in [0.15, 0.2) is 0 Å². The number of nitrogens with two attached hydrogens (primary N) is 1. The van der Waals surface area contributed by atoms with E-state index in [0.29, 0.717) is 0 Å². The molecule has 0 aliphatic rings. The molecule has 0 aromatic heterocycles. The number of hydrogen-bond donors (Lipinski definition) is 1. The third-order valence-corrected chi connectivity index (χ3v) is 4.45. The van der Waals surface area contributed by atoms with E-state index in [1.54, 1.807) is 11.8 Å². The maximum absolute atomic E-state index is 6.15. The second-order valence-corrected chi connectivity index (χ2v) is 6.37. The molecular weight excluding hydrogens is 330 g/mol. The summed E-state index contributed by atoms with van der Waals surface area (Å²) in [5.74, 6) is 0.850. The Kier molecular flexibility index (Phi) is 5.13. The standard InChI is InChI=1S/C14H13BrClNS/c15-11-3-7-13(8-4-11)18-9-14(17)10-1-5-12(16)6-2-10/h1-8,14H,9,17H2. The van der Waals surface area contributed by atoms with Gasteiger partial charge in [-0.2, -0.15) is 0 Å². The summed E-state index contributed by atoms with van der Waals surface area (Å²) < 4.78 is 1.09. The van der Waals surface area contributed by atoms with Gasteiger partial charge in [0.05, 0.1) is 0 Å². The fraction of sp³-hybridized carbons (Fsp3) is 0.143. The summed E-state index contributed by atoms with van der Waals surface area (Å²) in [7, 11) is 0. The van der Waals surface area contributed by atoms with Crippen LogP contribution in [0.5, 0.6) is 0 Å². The van der Waals surface area contributed by atoms with Gasteiger partial charge < -0.3 is 5.73 Å². The number of thioether (sulfide) groups is 1. The lowest BCUT2D eigenvalue weighted by atomic mass is 10.1. The maximum atomic E-state index is 6.15. The van der Waals surface area contributed by atoms with Gasteiger partial charge in [-0.15, -0.1) is 11.8 Å². The van der Waals surface area contributed by atoms with Crippen LogP contribution in [-0.4, -0.2) is 5.75 Å². The Hall–Kier alpha value is -0.480. The summed E-state index contributed by atoms with van der Waals surface area (Å²) >= 11 is 11.0. The minimum atomic E-state index is 0.0240. The quantitative estimate of drug-likeness (QED) is 0.800. The summed E-state index contributed by atoms with van der Waals surface area (Å²) in [5.41, 5.74) is 7.26. The van der Waals surface area contributed by atoms with Crippen molar-refractivity contribution in [3.8, 4) is 0 Å². The Morgan fingerprint density at radius 3 is 2.28 bits per heavy atom. The fourth-order valence-electron chi connectivity index (χ4n) is 1.52. The van der Waals surface area contributed by atoms with Crippen molar-refractivity contribution in [3.05, 3.63) is 63.6 Å². The molecule has 0 aliphatic carbocycles. The molecule has 94 valence electrons. The van der Waals surface area contributed by atoms with Gasteiger partial charge in [0.1, 0.15) is 0 Å². The highest BCUT2D eigenvalue weighted by Crippen LogP contribution is 2.25. The highest BCUT2D eigenvalue weighted by Gasteiger charge is 2.06. The van der Waals surface area contributed by atoms with Crippen molar-refractivity contribution in [1.82, 2.24) is 0 Å². The van der Waals surface area contributed by atoms with Crippen LogP contribution in [0.4, 0.5) is 0 Å². The summed E-state index contributed by atoms with van der Waals surface area (Å²) in [6.07, 6.45) is 0. The molecule has 0 fully saturated rings. The second-order valence-electron chi connectivity index (χ2n) is 3.92. The van der Waals surface area contributed by atoms with Crippen molar-refractivity contribution in [2.75, 3.05) is 5.75 Å². The van der Waals surface area contributed by atoms with Crippen LogP contribution in [-0.2, 0) is 0 Å². The number of benzene rings is 2. The molecule has 0 saturated carbocycles. The van der Waals surface area contributed by atoms with Crippen LogP contribution >= 0.6 is 39.3 Å². The summed E-state index contributed by atoms with van der Waals surface area (Å²) in [5, 5.41) is 0.742. The van der Waals surface area contributed by atoms with E-state index in [-0.39, 0.29) is 6.04 Å². The van der Waals surface area contributed by atoms with Crippen molar-refractivity contribution >= 4 is 39.3 Å². The summed E-state index contributed by atoms with van der Waals surface area (Å²) in [4.78, 5) is 1.22.